The molecule has 0 unspecified atom stereocenters. The van der Waals surface area contributed by atoms with Crippen molar-refractivity contribution in [2.24, 2.45) is 5.92 Å². The highest BCUT2D eigenvalue weighted by Gasteiger charge is 2.35. The highest BCUT2D eigenvalue weighted by atomic mass is 16.2. The van der Waals surface area contributed by atoms with Crippen molar-refractivity contribution in [3.05, 3.63) is 102 Å². The van der Waals surface area contributed by atoms with E-state index in [-0.39, 0.29) is 17.7 Å². The molecule has 1 aliphatic heterocycles. The molecule has 5 aromatic rings. The molecule has 1 N–H and O–H groups in total. The first-order chi connectivity index (χ1) is 17.5. The number of aromatic amines is 1. The number of aryl methyl sites for hydroxylation is 1. The number of amides is 2. The maximum atomic E-state index is 13.9. The predicted octanol–water partition coefficient (Wildman–Crippen LogP) is 5.85. The molecule has 0 saturated heterocycles. The molecular formula is C30H26N4O2. The second-order valence-electron chi connectivity index (χ2n) is 9.45. The van der Waals surface area contributed by atoms with Crippen LogP contribution in [0.25, 0.3) is 21.7 Å². The van der Waals surface area contributed by atoms with Gasteiger partial charge in [-0.2, -0.15) is 5.10 Å². The summed E-state index contributed by atoms with van der Waals surface area (Å²) in [5.41, 5.74) is 5.10. The van der Waals surface area contributed by atoms with E-state index in [9.17, 15) is 9.59 Å². The number of para-hydroxylation sites is 2. The van der Waals surface area contributed by atoms with Crippen LogP contribution in [0.2, 0.25) is 0 Å². The van der Waals surface area contributed by atoms with Crippen molar-refractivity contribution in [1.82, 2.24) is 10.2 Å². The van der Waals surface area contributed by atoms with Crippen LogP contribution in [-0.2, 0) is 11.3 Å². The summed E-state index contributed by atoms with van der Waals surface area (Å²) in [4.78, 5) is 31.3. The Balaban J connectivity index is 1.47. The van der Waals surface area contributed by atoms with Crippen LogP contribution in [0, 0.1) is 12.8 Å². The third-order valence-corrected chi connectivity index (χ3v) is 7.16. The number of anilines is 2. The average molecular weight is 475 g/mol. The van der Waals surface area contributed by atoms with Gasteiger partial charge in [-0.1, -0.05) is 61.5 Å². The van der Waals surface area contributed by atoms with Gasteiger partial charge in [-0.15, -0.1) is 0 Å². The van der Waals surface area contributed by atoms with Crippen molar-refractivity contribution in [3.8, 4) is 0 Å². The summed E-state index contributed by atoms with van der Waals surface area (Å²) < 4.78 is 0. The third kappa shape index (κ3) is 3.53. The van der Waals surface area contributed by atoms with Crippen molar-refractivity contribution in [2.75, 3.05) is 16.3 Å². The van der Waals surface area contributed by atoms with Gasteiger partial charge in [0.15, 0.2) is 0 Å². The van der Waals surface area contributed by atoms with Gasteiger partial charge in [0.25, 0.3) is 5.91 Å². The fraction of sp³-hybridized carbons (Fsp3) is 0.167. The van der Waals surface area contributed by atoms with Gasteiger partial charge >= 0.3 is 0 Å². The minimum absolute atomic E-state index is 0.00611. The van der Waals surface area contributed by atoms with Crippen molar-refractivity contribution < 1.29 is 9.59 Å². The Hall–Kier alpha value is -4.45. The van der Waals surface area contributed by atoms with E-state index < -0.39 is 0 Å². The predicted molar refractivity (Wildman–Crippen MR) is 143 cm³/mol. The molecule has 36 heavy (non-hydrogen) atoms. The lowest BCUT2D eigenvalue weighted by atomic mass is 9.98. The Bertz CT molecular complexity index is 1640. The van der Waals surface area contributed by atoms with Gasteiger partial charge in [-0.05, 0) is 53.1 Å². The summed E-state index contributed by atoms with van der Waals surface area (Å²) >= 11 is 0. The molecule has 1 aliphatic rings. The molecule has 0 spiro atoms. The highest BCUT2D eigenvalue weighted by Crippen LogP contribution is 2.37. The number of rotatable bonds is 3. The number of hydrogen-bond acceptors (Lipinski definition) is 3. The van der Waals surface area contributed by atoms with E-state index in [1.165, 1.54) is 0 Å². The molecule has 0 bridgehead atoms. The number of nitrogens with one attached hydrogen (secondary N) is 1. The van der Waals surface area contributed by atoms with Gasteiger partial charge in [0.2, 0.25) is 5.91 Å². The summed E-state index contributed by atoms with van der Waals surface area (Å²) in [7, 11) is 0. The molecule has 6 nitrogen and oxygen atoms in total. The maximum absolute atomic E-state index is 13.9. The molecule has 0 fully saturated rings. The Morgan fingerprint density at radius 3 is 2.58 bits per heavy atom. The van der Waals surface area contributed by atoms with Gasteiger partial charge in [0, 0.05) is 11.9 Å². The number of carbonyl (C=O) groups excluding carboxylic acids is 2. The molecule has 0 radical (unpaired) electrons. The minimum atomic E-state index is -0.375. The van der Waals surface area contributed by atoms with Crippen molar-refractivity contribution in [3.63, 3.8) is 0 Å². The molecule has 0 aliphatic carbocycles. The molecule has 0 saturated carbocycles. The lowest BCUT2D eigenvalue weighted by molar-refractivity contribution is -0.121. The fourth-order valence-corrected chi connectivity index (χ4v) is 5.22. The zero-order valence-corrected chi connectivity index (χ0v) is 20.2. The lowest BCUT2D eigenvalue weighted by Gasteiger charge is -2.27. The van der Waals surface area contributed by atoms with E-state index in [1.54, 1.807) is 11.1 Å². The number of carbonyl (C=O) groups is 2. The standard InChI is InChI=1S/C30H26N4O2/c1-19-14-15-21-8-3-4-9-22(21)25(19)18-34-28-13-6-5-12-27(28)33(17-20(2)29(34)35)30(36)23-10-7-11-26-24(23)16-31-32-26/h3-16,20H,17-18H2,1-2H3,(H,31,32)/t20-/m0/s1. The van der Waals surface area contributed by atoms with Crippen molar-refractivity contribution >= 4 is 44.9 Å². The largest absolute Gasteiger partial charge is 0.306 e. The van der Waals surface area contributed by atoms with Crippen molar-refractivity contribution in [2.45, 2.75) is 20.4 Å². The molecule has 6 rings (SSSR count). The molecule has 2 amide bonds. The first kappa shape index (κ1) is 22.0. The SMILES string of the molecule is Cc1ccc2ccccc2c1CN1C(=O)[C@@H](C)CN(C(=O)c2cccc3[nH]ncc23)c2ccccc21. The Labute approximate surface area is 209 Å². The van der Waals surface area contributed by atoms with E-state index >= 15 is 0 Å². The monoisotopic (exact) mass is 474 g/mol. The summed E-state index contributed by atoms with van der Waals surface area (Å²) in [6, 6.07) is 25.7. The van der Waals surface area contributed by atoms with Crippen LogP contribution in [-0.4, -0.2) is 28.6 Å². The molecule has 1 atom stereocenters. The van der Waals surface area contributed by atoms with Crippen LogP contribution < -0.4 is 9.80 Å². The average Bonchev–Trinajstić information content (AvgIpc) is 3.36. The molecule has 178 valence electrons. The second kappa shape index (κ2) is 8.64. The molecular weight excluding hydrogens is 448 g/mol. The number of aromatic nitrogens is 2. The number of hydrogen-bond donors (Lipinski definition) is 1. The summed E-state index contributed by atoms with van der Waals surface area (Å²) in [6.45, 7) is 4.72. The van der Waals surface area contributed by atoms with Crippen LogP contribution in [0.3, 0.4) is 0 Å². The number of fused-ring (bicyclic) bond motifs is 3. The van der Waals surface area contributed by atoms with Gasteiger partial charge in [-0.3, -0.25) is 14.7 Å². The van der Waals surface area contributed by atoms with E-state index in [4.69, 9.17) is 0 Å². The van der Waals surface area contributed by atoms with Crippen LogP contribution >= 0.6 is 0 Å². The van der Waals surface area contributed by atoms with Crippen LogP contribution in [0.15, 0.2) is 85.1 Å². The first-order valence-electron chi connectivity index (χ1n) is 12.1. The van der Waals surface area contributed by atoms with Crippen LogP contribution in [0.4, 0.5) is 11.4 Å². The van der Waals surface area contributed by atoms with Crippen molar-refractivity contribution in [1.29, 1.82) is 0 Å². The van der Waals surface area contributed by atoms with Gasteiger partial charge in [0.05, 0.1) is 41.1 Å². The Kier molecular flexibility index (Phi) is 5.29. The third-order valence-electron chi connectivity index (χ3n) is 7.16. The van der Waals surface area contributed by atoms with Gasteiger partial charge in [-0.25, -0.2) is 0 Å². The summed E-state index contributed by atoms with van der Waals surface area (Å²) in [6.07, 6.45) is 1.68. The quantitative estimate of drug-likeness (QED) is 0.356. The Morgan fingerprint density at radius 2 is 1.72 bits per heavy atom. The van der Waals surface area contributed by atoms with E-state index in [0.717, 1.165) is 44.2 Å². The smallest absolute Gasteiger partial charge is 0.259 e. The molecule has 2 heterocycles. The number of benzene rings is 4. The van der Waals surface area contributed by atoms with Crippen LogP contribution in [0.5, 0.6) is 0 Å². The molecule has 1 aromatic heterocycles. The maximum Gasteiger partial charge on any atom is 0.259 e. The number of H-pyrrole nitrogens is 1. The van der Waals surface area contributed by atoms with Crippen LogP contribution in [0.1, 0.15) is 28.4 Å². The van der Waals surface area contributed by atoms with E-state index in [2.05, 4.69) is 41.4 Å². The number of nitrogens with zero attached hydrogens (tertiary/aromatic N) is 3. The lowest BCUT2D eigenvalue weighted by Crippen LogP contribution is -2.38. The topological polar surface area (TPSA) is 69.3 Å². The zero-order chi connectivity index (χ0) is 24.8. The summed E-state index contributed by atoms with van der Waals surface area (Å²) in [5, 5.41) is 10.1. The molecule has 6 heteroatoms. The first-order valence-corrected chi connectivity index (χ1v) is 12.1. The van der Waals surface area contributed by atoms with Gasteiger partial charge < -0.3 is 9.80 Å². The Morgan fingerprint density at radius 1 is 0.944 bits per heavy atom. The summed E-state index contributed by atoms with van der Waals surface area (Å²) in [5.74, 6) is -0.510. The molecule has 4 aromatic carbocycles. The fourth-order valence-electron chi connectivity index (χ4n) is 5.22. The normalized spacial score (nSPS) is 15.8. The zero-order valence-electron chi connectivity index (χ0n) is 20.2. The van der Waals surface area contributed by atoms with E-state index in [1.807, 2.05) is 66.4 Å². The second-order valence-corrected chi connectivity index (χ2v) is 9.45. The van der Waals surface area contributed by atoms with E-state index in [0.29, 0.717) is 18.7 Å². The highest BCUT2D eigenvalue weighted by molar-refractivity contribution is 6.16. The van der Waals surface area contributed by atoms with Gasteiger partial charge in [0.1, 0.15) is 0 Å². The minimum Gasteiger partial charge on any atom is -0.306 e.